The van der Waals surface area contributed by atoms with E-state index < -0.39 is 4.92 Å². The number of anilines is 1. The number of nitro groups is 1. The number of halogens is 1. The van der Waals surface area contributed by atoms with Crippen LogP contribution >= 0.6 is 12.4 Å². The zero-order valence-electron chi connectivity index (χ0n) is 14.3. The number of nitrogens with zero attached hydrogens (tertiary/aromatic N) is 1. The van der Waals surface area contributed by atoms with Crippen LogP contribution in [0.2, 0.25) is 0 Å². The Morgan fingerprint density at radius 3 is 2.64 bits per heavy atom. The lowest BCUT2D eigenvalue weighted by molar-refractivity contribution is -0.384. The lowest BCUT2D eigenvalue weighted by Crippen LogP contribution is -2.42. The van der Waals surface area contributed by atoms with Crippen molar-refractivity contribution in [3.05, 3.63) is 33.9 Å². The normalized spacial score (nSPS) is 18.8. The molecule has 7 nitrogen and oxygen atoms in total. The second-order valence-electron chi connectivity index (χ2n) is 7.15. The van der Waals surface area contributed by atoms with Crippen molar-refractivity contribution in [3.8, 4) is 0 Å². The fraction of sp³-hybridized carbons (Fsp3) is 0.588. The van der Waals surface area contributed by atoms with Gasteiger partial charge in [-0.2, -0.15) is 0 Å². The van der Waals surface area contributed by atoms with Crippen LogP contribution in [0.3, 0.4) is 0 Å². The van der Waals surface area contributed by atoms with Gasteiger partial charge < -0.3 is 16.0 Å². The van der Waals surface area contributed by atoms with Crippen LogP contribution in [0.1, 0.15) is 43.0 Å². The van der Waals surface area contributed by atoms with Crippen LogP contribution in [-0.2, 0) is 0 Å². The first-order valence-electron chi connectivity index (χ1n) is 8.51. The molecule has 8 heteroatoms. The monoisotopic (exact) mass is 368 g/mol. The minimum absolute atomic E-state index is 0. The number of hydrogen-bond acceptors (Lipinski definition) is 5. The predicted octanol–water partition coefficient (Wildman–Crippen LogP) is 2.71. The van der Waals surface area contributed by atoms with Gasteiger partial charge >= 0.3 is 0 Å². The van der Waals surface area contributed by atoms with Crippen molar-refractivity contribution in [3.63, 3.8) is 0 Å². The molecule has 2 aliphatic rings. The van der Waals surface area contributed by atoms with Gasteiger partial charge in [0.2, 0.25) is 0 Å². The molecule has 1 heterocycles. The van der Waals surface area contributed by atoms with E-state index in [4.69, 9.17) is 0 Å². The number of rotatable bonds is 6. The quantitative estimate of drug-likeness (QED) is 0.530. The molecule has 25 heavy (non-hydrogen) atoms. The van der Waals surface area contributed by atoms with Gasteiger partial charge in [-0.25, -0.2) is 0 Å². The Balaban J connectivity index is 0.00000225. The molecule has 0 atom stereocenters. The van der Waals surface area contributed by atoms with Crippen molar-refractivity contribution < 1.29 is 9.72 Å². The summed E-state index contributed by atoms with van der Waals surface area (Å²) < 4.78 is 0. The Kier molecular flexibility index (Phi) is 6.24. The van der Waals surface area contributed by atoms with E-state index in [2.05, 4.69) is 22.9 Å². The van der Waals surface area contributed by atoms with Gasteiger partial charge in [0.25, 0.3) is 11.6 Å². The maximum Gasteiger partial charge on any atom is 0.293 e. The Hall–Kier alpha value is -1.86. The van der Waals surface area contributed by atoms with E-state index in [0.29, 0.717) is 23.8 Å². The molecule has 0 unspecified atom stereocenters. The van der Waals surface area contributed by atoms with Gasteiger partial charge in [-0.3, -0.25) is 14.9 Å². The fourth-order valence-electron chi connectivity index (χ4n) is 3.00. The number of carbonyl (C=O) groups excluding carboxylic acids is 1. The third kappa shape index (κ3) is 5.06. The summed E-state index contributed by atoms with van der Waals surface area (Å²) in [6.07, 6.45) is 4.09. The van der Waals surface area contributed by atoms with Gasteiger partial charge in [-0.15, -0.1) is 12.4 Å². The molecule has 0 aromatic heterocycles. The van der Waals surface area contributed by atoms with Crippen molar-refractivity contribution in [1.82, 2.24) is 10.6 Å². The Morgan fingerprint density at radius 2 is 2.04 bits per heavy atom. The summed E-state index contributed by atoms with van der Waals surface area (Å²) in [6.45, 7) is 4.67. The second-order valence-corrected chi connectivity index (χ2v) is 7.15. The third-order valence-electron chi connectivity index (χ3n) is 4.88. The Bertz CT molecular complexity index is 643. The number of amides is 1. The molecule has 1 aromatic rings. The molecule has 1 saturated heterocycles. The molecule has 1 aliphatic carbocycles. The molecule has 0 spiro atoms. The maximum atomic E-state index is 12.4. The van der Waals surface area contributed by atoms with E-state index in [0.717, 1.165) is 38.8 Å². The van der Waals surface area contributed by atoms with E-state index >= 15 is 0 Å². The van der Waals surface area contributed by atoms with E-state index in [1.54, 1.807) is 12.1 Å². The minimum atomic E-state index is -0.435. The molecule has 3 N–H and O–H groups in total. The number of carbonyl (C=O) groups is 1. The molecule has 1 aromatic carbocycles. The van der Waals surface area contributed by atoms with Crippen LogP contribution in [-0.4, -0.2) is 36.5 Å². The average molecular weight is 369 g/mol. The molecule has 2 fully saturated rings. The third-order valence-corrected chi connectivity index (χ3v) is 4.88. The highest BCUT2D eigenvalue weighted by atomic mass is 35.5. The van der Waals surface area contributed by atoms with Crippen molar-refractivity contribution in [2.75, 3.05) is 25.0 Å². The van der Waals surface area contributed by atoms with E-state index in [1.165, 1.54) is 6.07 Å². The van der Waals surface area contributed by atoms with Crippen molar-refractivity contribution in [1.29, 1.82) is 0 Å². The van der Waals surface area contributed by atoms with Crippen LogP contribution in [0.25, 0.3) is 0 Å². The number of nitro benzene ring substituents is 1. The van der Waals surface area contributed by atoms with Crippen LogP contribution in [0, 0.1) is 15.5 Å². The predicted molar refractivity (Wildman–Crippen MR) is 99.5 cm³/mol. The average Bonchev–Trinajstić information content (AvgIpc) is 3.37. The summed E-state index contributed by atoms with van der Waals surface area (Å²) >= 11 is 0. The van der Waals surface area contributed by atoms with Crippen molar-refractivity contribution in [2.24, 2.45) is 5.41 Å². The van der Waals surface area contributed by atoms with Crippen LogP contribution in [0.4, 0.5) is 11.4 Å². The first kappa shape index (κ1) is 19.5. The highest BCUT2D eigenvalue weighted by Gasteiger charge is 2.28. The minimum Gasteiger partial charge on any atom is -0.377 e. The van der Waals surface area contributed by atoms with Gasteiger partial charge in [0.05, 0.1) is 4.92 Å². The fourth-order valence-corrected chi connectivity index (χ4v) is 3.00. The highest BCUT2D eigenvalue weighted by Crippen LogP contribution is 2.32. The molecule has 3 rings (SSSR count). The Morgan fingerprint density at radius 1 is 1.36 bits per heavy atom. The zero-order chi connectivity index (χ0) is 17.2. The molecule has 0 radical (unpaired) electrons. The SMILES string of the molecule is CC1(CNC(=O)c2ccc(NC3CC3)c([N+](=O)[O-])c2)CCNCC1.Cl. The maximum absolute atomic E-state index is 12.4. The highest BCUT2D eigenvalue weighted by molar-refractivity contribution is 5.95. The summed E-state index contributed by atoms with van der Waals surface area (Å²) in [6, 6.07) is 4.98. The molecule has 138 valence electrons. The lowest BCUT2D eigenvalue weighted by Gasteiger charge is -2.34. The van der Waals surface area contributed by atoms with Gasteiger partial charge in [0, 0.05) is 24.2 Å². The first-order chi connectivity index (χ1) is 11.5. The standard InChI is InChI=1S/C17H24N4O3.ClH/c1-17(6-8-18-9-7-17)11-19-16(22)12-2-5-14(20-13-3-4-13)15(10-12)21(23)24;/h2,5,10,13,18,20H,3-4,6-9,11H2,1H3,(H,19,22);1H. The van der Waals surface area contributed by atoms with Crippen molar-refractivity contribution >= 4 is 29.7 Å². The van der Waals surface area contributed by atoms with Gasteiger partial charge in [-0.05, 0) is 56.3 Å². The molecule has 1 amide bonds. The Labute approximate surface area is 153 Å². The smallest absolute Gasteiger partial charge is 0.293 e. The largest absolute Gasteiger partial charge is 0.377 e. The van der Waals surface area contributed by atoms with Gasteiger partial charge in [0.15, 0.2) is 0 Å². The van der Waals surface area contributed by atoms with Gasteiger partial charge in [0.1, 0.15) is 5.69 Å². The summed E-state index contributed by atoms with van der Waals surface area (Å²) in [4.78, 5) is 23.2. The van der Waals surface area contributed by atoms with Crippen molar-refractivity contribution in [2.45, 2.75) is 38.6 Å². The molecule has 0 bridgehead atoms. The first-order valence-corrected chi connectivity index (χ1v) is 8.51. The van der Waals surface area contributed by atoms with Crippen LogP contribution in [0.5, 0.6) is 0 Å². The number of nitrogens with one attached hydrogen (secondary N) is 3. The summed E-state index contributed by atoms with van der Waals surface area (Å²) in [7, 11) is 0. The number of piperidine rings is 1. The van der Waals surface area contributed by atoms with E-state index in [-0.39, 0.29) is 29.4 Å². The van der Waals surface area contributed by atoms with E-state index in [9.17, 15) is 14.9 Å². The zero-order valence-corrected chi connectivity index (χ0v) is 15.2. The molecule has 1 aliphatic heterocycles. The molecular weight excluding hydrogens is 344 g/mol. The number of hydrogen-bond donors (Lipinski definition) is 3. The topological polar surface area (TPSA) is 96.3 Å². The lowest BCUT2D eigenvalue weighted by atomic mass is 9.81. The molecule has 1 saturated carbocycles. The summed E-state index contributed by atoms with van der Waals surface area (Å²) in [5.74, 6) is -0.254. The van der Waals surface area contributed by atoms with Gasteiger partial charge in [-0.1, -0.05) is 6.92 Å². The molecular formula is C17H25ClN4O3. The van der Waals surface area contributed by atoms with Crippen LogP contribution in [0.15, 0.2) is 18.2 Å². The second kappa shape index (κ2) is 8.01. The summed E-state index contributed by atoms with van der Waals surface area (Å²) in [5.41, 5.74) is 0.868. The van der Waals surface area contributed by atoms with E-state index in [1.807, 2.05) is 0 Å². The number of benzene rings is 1. The van der Waals surface area contributed by atoms with Crippen LogP contribution < -0.4 is 16.0 Å². The summed E-state index contributed by atoms with van der Waals surface area (Å²) in [5, 5.41) is 20.7.